The molecule has 0 saturated carbocycles. The van der Waals surface area contributed by atoms with Crippen LogP contribution in [0.2, 0.25) is 0 Å². The minimum Gasteiger partial charge on any atom is -0.386 e. The van der Waals surface area contributed by atoms with Crippen LogP contribution in [0.5, 0.6) is 0 Å². The van der Waals surface area contributed by atoms with Crippen LogP contribution in [-0.2, 0) is 11.0 Å². The first-order chi connectivity index (χ1) is 12.6. The van der Waals surface area contributed by atoms with Crippen molar-refractivity contribution in [1.82, 2.24) is 15.5 Å². The molecule has 1 aromatic carbocycles. The lowest BCUT2D eigenvalue weighted by Gasteiger charge is -2.04. The summed E-state index contributed by atoms with van der Waals surface area (Å²) in [4.78, 5) is 19.0. The molecule has 1 amide bonds. The molecule has 0 spiro atoms. The van der Waals surface area contributed by atoms with E-state index in [2.05, 4.69) is 30.0 Å². The Hall–Kier alpha value is -3.12. The fourth-order valence-corrected chi connectivity index (χ4v) is 1.67. The SMILES string of the molecule is O=C(NCC=NOCC(F)(F)F)c1ccc(-c2noc(C(F)(F)F)n2)cc1. The van der Waals surface area contributed by atoms with Gasteiger partial charge >= 0.3 is 18.2 Å². The number of aromatic nitrogens is 2. The highest BCUT2D eigenvalue weighted by atomic mass is 19.4. The molecular weight excluding hydrogens is 386 g/mol. The molecule has 1 aromatic heterocycles. The lowest BCUT2D eigenvalue weighted by atomic mass is 10.1. The van der Waals surface area contributed by atoms with Gasteiger partial charge in [-0.2, -0.15) is 31.3 Å². The van der Waals surface area contributed by atoms with Gasteiger partial charge in [-0.05, 0) is 12.1 Å². The molecule has 2 aromatic rings. The van der Waals surface area contributed by atoms with Crippen molar-refractivity contribution in [2.24, 2.45) is 5.16 Å². The zero-order chi connectivity index (χ0) is 20.1. The summed E-state index contributed by atoms with van der Waals surface area (Å²) in [5.41, 5.74) is 0.329. The fraction of sp³-hybridized carbons (Fsp3) is 0.286. The van der Waals surface area contributed by atoms with Gasteiger partial charge in [0.25, 0.3) is 5.91 Å². The Morgan fingerprint density at radius 1 is 1.19 bits per heavy atom. The fourth-order valence-electron chi connectivity index (χ4n) is 1.67. The van der Waals surface area contributed by atoms with E-state index in [4.69, 9.17) is 0 Å². The van der Waals surface area contributed by atoms with Crippen LogP contribution in [0.3, 0.4) is 0 Å². The smallest absolute Gasteiger partial charge is 0.386 e. The van der Waals surface area contributed by atoms with Crippen LogP contribution in [0.4, 0.5) is 26.3 Å². The largest absolute Gasteiger partial charge is 0.471 e. The van der Waals surface area contributed by atoms with E-state index >= 15 is 0 Å². The zero-order valence-electron chi connectivity index (χ0n) is 13.1. The van der Waals surface area contributed by atoms with Crippen molar-refractivity contribution in [3.8, 4) is 11.4 Å². The topological polar surface area (TPSA) is 89.6 Å². The van der Waals surface area contributed by atoms with Crippen molar-refractivity contribution in [3.05, 3.63) is 35.7 Å². The third kappa shape index (κ3) is 6.27. The Balaban J connectivity index is 1.88. The number of hydrogen-bond acceptors (Lipinski definition) is 6. The molecule has 13 heteroatoms. The first kappa shape index (κ1) is 20.2. The number of rotatable bonds is 6. The Kier molecular flexibility index (Phi) is 6.02. The number of nitrogens with zero attached hydrogens (tertiary/aromatic N) is 3. The molecule has 1 heterocycles. The normalized spacial score (nSPS) is 12.4. The predicted molar refractivity (Wildman–Crippen MR) is 77.6 cm³/mol. The second kappa shape index (κ2) is 8.05. The van der Waals surface area contributed by atoms with Crippen LogP contribution in [0, 0.1) is 0 Å². The summed E-state index contributed by atoms with van der Waals surface area (Å²) in [6, 6.07) is 5.21. The summed E-state index contributed by atoms with van der Waals surface area (Å²) in [7, 11) is 0. The van der Waals surface area contributed by atoms with Crippen LogP contribution in [-0.4, -0.2) is 41.6 Å². The average Bonchev–Trinajstić information content (AvgIpc) is 3.07. The monoisotopic (exact) mass is 396 g/mol. The van der Waals surface area contributed by atoms with Crippen molar-refractivity contribution in [2.75, 3.05) is 13.2 Å². The lowest BCUT2D eigenvalue weighted by Crippen LogP contribution is -2.25. The Morgan fingerprint density at radius 2 is 1.85 bits per heavy atom. The van der Waals surface area contributed by atoms with Crippen molar-refractivity contribution >= 4 is 12.1 Å². The van der Waals surface area contributed by atoms with Gasteiger partial charge in [0.2, 0.25) is 12.4 Å². The van der Waals surface area contributed by atoms with E-state index in [1.807, 2.05) is 0 Å². The number of oxime groups is 1. The predicted octanol–water partition coefficient (Wildman–Crippen LogP) is 3.05. The number of hydrogen-bond donors (Lipinski definition) is 1. The maximum Gasteiger partial charge on any atom is 0.471 e. The minimum absolute atomic E-state index is 0.142. The first-order valence-electron chi connectivity index (χ1n) is 7.06. The number of halogens is 6. The van der Waals surface area contributed by atoms with E-state index in [0.717, 1.165) is 6.21 Å². The van der Waals surface area contributed by atoms with Gasteiger partial charge in [0.15, 0.2) is 0 Å². The zero-order valence-corrected chi connectivity index (χ0v) is 13.1. The molecule has 7 nitrogen and oxygen atoms in total. The van der Waals surface area contributed by atoms with Gasteiger partial charge in [-0.1, -0.05) is 22.4 Å². The summed E-state index contributed by atoms with van der Waals surface area (Å²) in [5.74, 6) is -2.39. The summed E-state index contributed by atoms with van der Waals surface area (Å²) >= 11 is 0. The van der Waals surface area contributed by atoms with E-state index in [-0.39, 0.29) is 23.5 Å². The highest BCUT2D eigenvalue weighted by Gasteiger charge is 2.38. The van der Waals surface area contributed by atoms with Gasteiger partial charge in [0.05, 0.1) is 12.8 Å². The Labute approximate surface area is 147 Å². The Morgan fingerprint density at radius 3 is 2.41 bits per heavy atom. The van der Waals surface area contributed by atoms with Gasteiger partial charge in [0, 0.05) is 11.1 Å². The van der Waals surface area contributed by atoms with E-state index in [1.165, 1.54) is 24.3 Å². The van der Waals surface area contributed by atoms with Gasteiger partial charge < -0.3 is 14.7 Å². The molecule has 146 valence electrons. The van der Waals surface area contributed by atoms with Crippen LogP contribution in [0.1, 0.15) is 16.2 Å². The summed E-state index contributed by atoms with van der Waals surface area (Å²) in [6.45, 7) is -1.75. The van der Waals surface area contributed by atoms with Gasteiger partial charge in [-0.25, -0.2) is 0 Å². The molecule has 0 atom stereocenters. The molecule has 0 aliphatic heterocycles. The molecule has 1 N–H and O–H groups in total. The average molecular weight is 396 g/mol. The van der Waals surface area contributed by atoms with E-state index in [1.54, 1.807) is 0 Å². The molecule has 0 fully saturated rings. The highest BCUT2D eigenvalue weighted by Crippen LogP contribution is 2.29. The molecular formula is C14H10F6N4O3. The second-order valence-corrected chi connectivity index (χ2v) is 4.88. The maximum atomic E-state index is 12.4. The van der Waals surface area contributed by atoms with Crippen molar-refractivity contribution in [2.45, 2.75) is 12.4 Å². The second-order valence-electron chi connectivity index (χ2n) is 4.88. The summed E-state index contributed by atoms with van der Waals surface area (Å²) in [6.07, 6.45) is -8.35. The molecule has 2 rings (SSSR count). The molecule has 0 aliphatic carbocycles. The van der Waals surface area contributed by atoms with Crippen LogP contribution >= 0.6 is 0 Å². The third-order valence-electron chi connectivity index (χ3n) is 2.81. The minimum atomic E-state index is -4.77. The van der Waals surface area contributed by atoms with E-state index < -0.39 is 30.8 Å². The van der Waals surface area contributed by atoms with E-state index in [0.29, 0.717) is 0 Å². The van der Waals surface area contributed by atoms with Crippen LogP contribution in [0.25, 0.3) is 11.4 Å². The van der Waals surface area contributed by atoms with E-state index in [9.17, 15) is 31.1 Å². The van der Waals surface area contributed by atoms with Gasteiger partial charge in [-0.15, -0.1) is 0 Å². The summed E-state index contributed by atoms with van der Waals surface area (Å²) in [5, 5.41) is 8.56. The molecule has 0 aliphatic rings. The van der Waals surface area contributed by atoms with Crippen molar-refractivity contribution in [3.63, 3.8) is 0 Å². The molecule has 0 bridgehead atoms. The van der Waals surface area contributed by atoms with Crippen molar-refractivity contribution < 1.29 is 40.5 Å². The molecule has 0 saturated heterocycles. The Bertz CT molecular complexity index is 798. The molecule has 0 unspecified atom stereocenters. The standard InChI is InChI=1S/C14H10F6N4O3/c15-13(16,17)7-26-22-6-5-21-11(25)9-3-1-8(2-4-9)10-23-12(27-24-10)14(18,19)20/h1-4,6H,5,7H2,(H,21,25). The number of carbonyl (C=O) groups is 1. The number of alkyl halides is 6. The lowest BCUT2D eigenvalue weighted by molar-refractivity contribution is -0.173. The number of benzene rings is 1. The van der Waals surface area contributed by atoms with Crippen LogP contribution < -0.4 is 5.32 Å². The quantitative estimate of drug-likeness (QED) is 0.461. The number of amides is 1. The molecule has 0 radical (unpaired) electrons. The van der Waals surface area contributed by atoms with Gasteiger partial charge in [-0.3, -0.25) is 4.79 Å². The first-order valence-corrected chi connectivity index (χ1v) is 7.06. The molecule has 27 heavy (non-hydrogen) atoms. The number of carbonyl (C=O) groups excluding carboxylic acids is 1. The van der Waals surface area contributed by atoms with Crippen LogP contribution in [0.15, 0.2) is 33.9 Å². The highest BCUT2D eigenvalue weighted by molar-refractivity contribution is 5.95. The third-order valence-corrected chi connectivity index (χ3v) is 2.81. The maximum absolute atomic E-state index is 12.4. The van der Waals surface area contributed by atoms with Gasteiger partial charge in [0.1, 0.15) is 0 Å². The summed E-state index contributed by atoms with van der Waals surface area (Å²) < 4.78 is 76.7. The number of nitrogens with one attached hydrogen (secondary N) is 1. The van der Waals surface area contributed by atoms with Crippen molar-refractivity contribution in [1.29, 1.82) is 0 Å².